The normalized spacial score (nSPS) is 14.2. The Morgan fingerprint density at radius 2 is 2.00 bits per heavy atom. The van der Waals surface area contributed by atoms with Crippen molar-refractivity contribution in [2.75, 3.05) is 6.61 Å². The molecule has 2 N–H and O–H groups in total. The van der Waals surface area contributed by atoms with Crippen molar-refractivity contribution < 1.29 is 24.2 Å². The maximum atomic E-state index is 11.5. The molecule has 1 amide bonds. The van der Waals surface area contributed by atoms with Crippen LogP contribution in [0, 0.1) is 0 Å². The molecule has 2 atom stereocenters. The maximum Gasteiger partial charge on any atom is 0.407 e. The zero-order chi connectivity index (χ0) is 15.1. The molecule has 0 heterocycles. The van der Waals surface area contributed by atoms with Crippen molar-refractivity contribution in [3.8, 4) is 0 Å². The zero-order valence-electron chi connectivity index (χ0n) is 11.9. The highest BCUT2D eigenvalue weighted by Crippen LogP contribution is 2.08. The van der Waals surface area contributed by atoms with Gasteiger partial charge in [0.25, 0.3) is 0 Å². The molecule has 0 bridgehead atoms. The first kappa shape index (κ1) is 17.4. The van der Waals surface area contributed by atoms with Gasteiger partial charge in [0.2, 0.25) is 0 Å². The minimum Gasteiger partial charge on any atom is -0.461 e. The third kappa shape index (κ3) is 9.07. The fourth-order valence-electron chi connectivity index (χ4n) is 1.15. The number of hydrogen-bond donors (Lipinski definition) is 2. The van der Waals surface area contributed by atoms with E-state index in [1.807, 2.05) is 0 Å². The van der Waals surface area contributed by atoms with Gasteiger partial charge in [0.15, 0.2) is 0 Å². The minimum atomic E-state index is -1.04. The summed E-state index contributed by atoms with van der Waals surface area (Å²) in [4.78, 5) is 22.7. The lowest BCUT2D eigenvalue weighted by Crippen LogP contribution is -2.44. The van der Waals surface area contributed by atoms with Crippen LogP contribution in [-0.2, 0) is 14.3 Å². The predicted molar refractivity (Wildman–Crippen MR) is 70.6 cm³/mol. The van der Waals surface area contributed by atoms with Gasteiger partial charge in [-0.25, -0.2) is 4.79 Å². The number of rotatable bonds is 6. The highest BCUT2D eigenvalue weighted by Gasteiger charge is 2.23. The highest BCUT2D eigenvalue weighted by molar-refractivity contribution is 5.71. The molecule has 0 saturated carbocycles. The second-order valence-corrected chi connectivity index (χ2v) is 5.18. The Labute approximate surface area is 113 Å². The van der Waals surface area contributed by atoms with Crippen molar-refractivity contribution in [2.45, 2.75) is 51.9 Å². The van der Waals surface area contributed by atoms with E-state index in [4.69, 9.17) is 9.47 Å². The number of carbonyl (C=O) groups is 2. The average molecular weight is 273 g/mol. The lowest BCUT2D eigenvalue weighted by Gasteiger charge is -2.24. The van der Waals surface area contributed by atoms with Crippen LogP contribution in [-0.4, -0.2) is 41.5 Å². The third-order valence-corrected chi connectivity index (χ3v) is 2.06. The standard InChI is InChI=1S/C13H23NO5/c1-6-7-18-11(16)8-10(15)9(2)14-12(17)19-13(3,4)5/h6,9-10,15H,1,7-8H2,2-5H3,(H,14,17)/t9-,10+/m0/s1. The molecule has 110 valence electrons. The first-order valence-electron chi connectivity index (χ1n) is 6.10. The highest BCUT2D eigenvalue weighted by atomic mass is 16.6. The second-order valence-electron chi connectivity index (χ2n) is 5.18. The van der Waals surface area contributed by atoms with Crippen molar-refractivity contribution in [1.82, 2.24) is 5.32 Å². The molecule has 0 fully saturated rings. The van der Waals surface area contributed by atoms with Crippen LogP contribution in [0.15, 0.2) is 12.7 Å². The first-order chi connectivity index (χ1) is 8.65. The molecule has 0 radical (unpaired) electrons. The maximum absolute atomic E-state index is 11.5. The van der Waals surface area contributed by atoms with E-state index in [9.17, 15) is 14.7 Å². The molecule has 0 saturated heterocycles. The quantitative estimate of drug-likeness (QED) is 0.564. The van der Waals surface area contributed by atoms with Crippen LogP contribution in [0.2, 0.25) is 0 Å². The van der Waals surface area contributed by atoms with Crippen molar-refractivity contribution in [3.63, 3.8) is 0 Å². The molecule has 19 heavy (non-hydrogen) atoms. The van der Waals surface area contributed by atoms with Crippen LogP contribution in [0.4, 0.5) is 4.79 Å². The van der Waals surface area contributed by atoms with E-state index in [2.05, 4.69) is 11.9 Å². The number of nitrogens with one attached hydrogen (secondary N) is 1. The van der Waals surface area contributed by atoms with Gasteiger partial charge in [-0.3, -0.25) is 4.79 Å². The molecule has 0 aromatic carbocycles. The molecule has 0 spiro atoms. The zero-order valence-corrected chi connectivity index (χ0v) is 11.9. The number of amides is 1. The SMILES string of the molecule is C=CCOC(=O)C[C@@H](O)[C@H](C)NC(=O)OC(C)(C)C. The Hall–Kier alpha value is -1.56. The van der Waals surface area contributed by atoms with Gasteiger partial charge >= 0.3 is 12.1 Å². The Balaban J connectivity index is 4.12. The van der Waals surface area contributed by atoms with Crippen molar-refractivity contribution >= 4 is 12.1 Å². The fourth-order valence-corrected chi connectivity index (χ4v) is 1.15. The van der Waals surface area contributed by atoms with Gasteiger partial charge in [0.1, 0.15) is 12.2 Å². The Morgan fingerprint density at radius 3 is 2.47 bits per heavy atom. The van der Waals surface area contributed by atoms with E-state index in [1.54, 1.807) is 27.7 Å². The number of aliphatic hydroxyl groups is 1. The summed E-state index contributed by atoms with van der Waals surface area (Å²) in [6.45, 7) is 10.3. The number of alkyl carbamates (subject to hydrolysis) is 1. The van der Waals surface area contributed by atoms with Crippen LogP contribution in [0.25, 0.3) is 0 Å². The van der Waals surface area contributed by atoms with Crippen molar-refractivity contribution in [2.24, 2.45) is 0 Å². The van der Waals surface area contributed by atoms with Gasteiger partial charge < -0.3 is 19.9 Å². The monoisotopic (exact) mass is 273 g/mol. The Kier molecular flexibility index (Phi) is 7.14. The van der Waals surface area contributed by atoms with Gasteiger partial charge in [-0.1, -0.05) is 12.7 Å². The van der Waals surface area contributed by atoms with Crippen LogP contribution >= 0.6 is 0 Å². The van der Waals surface area contributed by atoms with Gasteiger partial charge in [0.05, 0.1) is 18.6 Å². The molecule has 0 unspecified atom stereocenters. The molecule has 0 aliphatic carbocycles. The van der Waals surface area contributed by atoms with Gasteiger partial charge in [-0.2, -0.15) is 0 Å². The van der Waals surface area contributed by atoms with Crippen molar-refractivity contribution in [1.29, 1.82) is 0 Å². The smallest absolute Gasteiger partial charge is 0.407 e. The molecule has 0 aromatic rings. The van der Waals surface area contributed by atoms with Crippen LogP contribution in [0.1, 0.15) is 34.1 Å². The molecular formula is C13H23NO5. The topological polar surface area (TPSA) is 84.9 Å². The number of hydrogen-bond acceptors (Lipinski definition) is 5. The summed E-state index contributed by atoms with van der Waals surface area (Å²) >= 11 is 0. The summed E-state index contributed by atoms with van der Waals surface area (Å²) in [5.41, 5.74) is -0.613. The van der Waals surface area contributed by atoms with E-state index in [1.165, 1.54) is 6.08 Å². The van der Waals surface area contributed by atoms with Crippen LogP contribution < -0.4 is 5.32 Å². The van der Waals surface area contributed by atoms with Gasteiger partial charge in [0, 0.05) is 0 Å². The third-order valence-electron chi connectivity index (χ3n) is 2.06. The lowest BCUT2D eigenvalue weighted by atomic mass is 10.1. The Morgan fingerprint density at radius 1 is 1.42 bits per heavy atom. The van der Waals surface area contributed by atoms with E-state index >= 15 is 0 Å². The largest absolute Gasteiger partial charge is 0.461 e. The number of aliphatic hydroxyl groups excluding tert-OH is 1. The average Bonchev–Trinajstić information content (AvgIpc) is 2.23. The molecule has 0 rings (SSSR count). The van der Waals surface area contributed by atoms with Gasteiger partial charge in [-0.15, -0.1) is 0 Å². The van der Waals surface area contributed by atoms with Gasteiger partial charge in [-0.05, 0) is 27.7 Å². The summed E-state index contributed by atoms with van der Waals surface area (Å²) in [5.74, 6) is -0.551. The summed E-state index contributed by atoms with van der Waals surface area (Å²) in [6, 6.07) is -0.619. The van der Waals surface area contributed by atoms with E-state index in [-0.39, 0.29) is 13.0 Å². The molecule has 0 aliphatic rings. The minimum absolute atomic E-state index is 0.0967. The van der Waals surface area contributed by atoms with E-state index in [0.717, 1.165) is 0 Å². The van der Waals surface area contributed by atoms with Crippen LogP contribution in [0.3, 0.4) is 0 Å². The number of carbonyl (C=O) groups excluding carboxylic acids is 2. The summed E-state index contributed by atoms with van der Waals surface area (Å²) in [5, 5.41) is 12.2. The molecule has 0 aliphatic heterocycles. The fraction of sp³-hybridized carbons (Fsp3) is 0.692. The summed E-state index contributed by atoms with van der Waals surface area (Å²) in [6.07, 6.45) is -0.444. The lowest BCUT2D eigenvalue weighted by molar-refractivity contribution is -0.145. The summed E-state index contributed by atoms with van der Waals surface area (Å²) in [7, 11) is 0. The van der Waals surface area contributed by atoms with E-state index < -0.39 is 29.8 Å². The molecule has 6 heteroatoms. The second kappa shape index (κ2) is 7.78. The molecule has 6 nitrogen and oxygen atoms in total. The molecular weight excluding hydrogens is 250 g/mol. The summed E-state index contributed by atoms with van der Waals surface area (Å²) < 4.78 is 9.77. The predicted octanol–water partition coefficient (Wildman–Crippen LogP) is 1.38. The van der Waals surface area contributed by atoms with Crippen molar-refractivity contribution in [3.05, 3.63) is 12.7 Å². The first-order valence-corrected chi connectivity index (χ1v) is 6.10. The number of ether oxygens (including phenoxy) is 2. The van der Waals surface area contributed by atoms with Crippen LogP contribution in [0.5, 0.6) is 0 Å². The molecule has 0 aromatic heterocycles. The Bertz CT molecular complexity index is 321. The van der Waals surface area contributed by atoms with E-state index in [0.29, 0.717) is 0 Å². The number of esters is 1.